The van der Waals surface area contributed by atoms with Crippen molar-refractivity contribution in [3.8, 4) is 11.1 Å². The van der Waals surface area contributed by atoms with Gasteiger partial charge in [-0.25, -0.2) is 4.98 Å². The molecule has 1 amide bonds. The molecular formula is C28H26F6N2O2S. The maximum Gasteiger partial charge on any atom is 0.417 e. The Morgan fingerprint density at radius 2 is 1.49 bits per heavy atom. The van der Waals surface area contributed by atoms with Crippen LogP contribution in [0.5, 0.6) is 0 Å². The van der Waals surface area contributed by atoms with Crippen molar-refractivity contribution in [3.63, 3.8) is 0 Å². The Bertz CT molecular complexity index is 1360. The fourth-order valence-corrected chi connectivity index (χ4v) is 6.38. The van der Waals surface area contributed by atoms with Gasteiger partial charge in [-0.3, -0.25) is 9.00 Å². The summed E-state index contributed by atoms with van der Waals surface area (Å²) < 4.78 is 92.1. The number of hydrogen-bond acceptors (Lipinski definition) is 3. The summed E-state index contributed by atoms with van der Waals surface area (Å²) in [6, 6.07) is 13.6. The van der Waals surface area contributed by atoms with Crippen LogP contribution >= 0.6 is 0 Å². The molecular weight excluding hydrogens is 542 g/mol. The molecule has 3 aromatic rings. The molecule has 0 aliphatic carbocycles. The van der Waals surface area contributed by atoms with Crippen molar-refractivity contribution in [2.75, 3.05) is 13.1 Å². The van der Waals surface area contributed by atoms with Gasteiger partial charge in [-0.15, -0.1) is 0 Å². The number of aromatic nitrogens is 1. The number of rotatable bonds is 5. The maximum atomic E-state index is 13.4. The molecule has 39 heavy (non-hydrogen) atoms. The van der Waals surface area contributed by atoms with Gasteiger partial charge in [-0.1, -0.05) is 36.4 Å². The number of hydrogen-bond donors (Lipinski definition) is 0. The predicted octanol–water partition coefficient (Wildman–Crippen LogP) is 7.22. The van der Waals surface area contributed by atoms with Gasteiger partial charge in [-0.05, 0) is 62.4 Å². The van der Waals surface area contributed by atoms with Crippen molar-refractivity contribution < 1.29 is 35.3 Å². The minimum absolute atomic E-state index is 0.0727. The zero-order valence-electron chi connectivity index (χ0n) is 21.1. The lowest BCUT2D eigenvalue weighted by Gasteiger charge is -2.40. The monoisotopic (exact) mass is 568 g/mol. The van der Waals surface area contributed by atoms with E-state index in [2.05, 4.69) is 4.98 Å². The van der Waals surface area contributed by atoms with Crippen molar-refractivity contribution in [1.29, 1.82) is 0 Å². The van der Waals surface area contributed by atoms with Crippen molar-refractivity contribution >= 4 is 16.7 Å². The molecule has 0 N–H and O–H groups in total. The van der Waals surface area contributed by atoms with E-state index in [0.29, 0.717) is 24.6 Å². The number of pyridine rings is 1. The minimum atomic E-state index is -4.63. The maximum absolute atomic E-state index is 13.4. The summed E-state index contributed by atoms with van der Waals surface area (Å²) in [6.45, 7) is 3.94. The molecule has 1 fully saturated rings. The number of alkyl halides is 6. The Kier molecular flexibility index (Phi) is 7.93. The molecule has 0 spiro atoms. The molecule has 1 aromatic heterocycles. The first-order chi connectivity index (χ1) is 18.2. The van der Waals surface area contributed by atoms with Gasteiger partial charge in [-0.2, -0.15) is 26.3 Å². The molecule has 1 atom stereocenters. The normalized spacial score (nSPS) is 16.3. The van der Waals surface area contributed by atoms with Gasteiger partial charge < -0.3 is 4.90 Å². The molecule has 1 aliphatic heterocycles. The second-order valence-corrected chi connectivity index (χ2v) is 12.0. The largest absolute Gasteiger partial charge is 0.417 e. The van der Waals surface area contributed by atoms with Crippen molar-refractivity contribution in [1.82, 2.24) is 9.88 Å². The van der Waals surface area contributed by atoms with E-state index in [4.69, 9.17) is 0 Å². The molecule has 2 heterocycles. The molecule has 0 bridgehead atoms. The molecule has 208 valence electrons. The van der Waals surface area contributed by atoms with Crippen LogP contribution < -0.4 is 0 Å². The van der Waals surface area contributed by atoms with E-state index in [-0.39, 0.29) is 35.2 Å². The fraction of sp³-hybridized carbons (Fsp3) is 0.357. The highest BCUT2D eigenvalue weighted by atomic mass is 32.2. The van der Waals surface area contributed by atoms with E-state index in [0.717, 1.165) is 18.2 Å². The summed E-state index contributed by atoms with van der Waals surface area (Å²) >= 11 is 0. The third-order valence-electron chi connectivity index (χ3n) is 7.12. The van der Waals surface area contributed by atoms with E-state index in [1.165, 1.54) is 17.0 Å². The summed E-state index contributed by atoms with van der Waals surface area (Å²) in [5.41, 5.74) is -1.44. The van der Waals surface area contributed by atoms with E-state index in [1.807, 2.05) is 0 Å². The van der Waals surface area contributed by atoms with Gasteiger partial charge in [0, 0.05) is 34.5 Å². The number of benzene rings is 2. The zero-order chi connectivity index (χ0) is 28.6. The molecule has 1 saturated heterocycles. The lowest BCUT2D eigenvalue weighted by molar-refractivity contribution is -0.138. The molecule has 0 saturated carbocycles. The summed E-state index contributed by atoms with van der Waals surface area (Å²) in [7, 11) is -1.76. The van der Waals surface area contributed by atoms with Crippen LogP contribution in [0.15, 0.2) is 71.8 Å². The van der Waals surface area contributed by atoms with Gasteiger partial charge in [0.05, 0.1) is 21.9 Å². The summed E-state index contributed by atoms with van der Waals surface area (Å²) in [6.07, 6.45) is -7.69. The molecule has 4 rings (SSSR count). The van der Waals surface area contributed by atoms with E-state index in [1.54, 1.807) is 44.2 Å². The van der Waals surface area contributed by atoms with Gasteiger partial charge in [0.15, 0.2) is 0 Å². The van der Waals surface area contributed by atoms with Gasteiger partial charge in [0.2, 0.25) is 0 Å². The summed E-state index contributed by atoms with van der Waals surface area (Å²) in [5.74, 6) is -0.691. The summed E-state index contributed by atoms with van der Waals surface area (Å²) in [5, 5.41) is 0. The quantitative estimate of drug-likeness (QED) is 0.305. The lowest BCUT2D eigenvalue weighted by atomic mass is 9.85. The first-order valence-corrected chi connectivity index (χ1v) is 13.4. The number of amides is 1. The standard InChI is InChI=1S/C28H26F6N2O2S/c1-26(2,39(38)22-10-6-9-20(15-22)27(29,30)31)19-11-13-36(14-12-19)25(37)24-23(18-7-4-3-5-8-18)16-21(17-35-24)28(32,33)34/h3-10,15-17,19H,11-14H2,1-2H3. The van der Waals surface area contributed by atoms with Crippen LogP contribution in [0.1, 0.15) is 48.3 Å². The lowest BCUT2D eigenvalue weighted by Crippen LogP contribution is -2.46. The number of carbonyl (C=O) groups is 1. The van der Waals surface area contributed by atoms with E-state index < -0.39 is 44.9 Å². The topological polar surface area (TPSA) is 50.3 Å². The Morgan fingerprint density at radius 3 is 2.08 bits per heavy atom. The number of halogens is 6. The van der Waals surface area contributed by atoms with Crippen molar-refractivity contribution in [2.45, 2.75) is 48.7 Å². The Hall–Kier alpha value is -3.21. The minimum Gasteiger partial charge on any atom is -0.337 e. The van der Waals surface area contributed by atoms with Gasteiger partial charge in [0.25, 0.3) is 5.91 Å². The molecule has 1 unspecified atom stereocenters. The fourth-order valence-electron chi connectivity index (χ4n) is 4.80. The highest BCUT2D eigenvalue weighted by Gasteiger charge is 2.40. The third-order valence-corrected chi connectivity index (χ3v) is 9.09. The number of likely N-dealkylation sites (tertiary alicyclic amines) is 1. The van der Waals surface area contributed by atoms with Crippen LogP contribution in [0.3, 0.4) is 0 Å². The summed E-state index contributed by atoms with van der Waals surface area (Å²) in [4.78, 5) is 18.9. The van der Waals surface area contributed by atoms with Crippen LogP contribution in [0.4, 0.5) is 26.3 Å². The third kappa shape index (κ3) is 6.18. The highest BCUT2D eigenvalue weighted by Crippen LogP contribution is 2.38. The second-order valence-electron chi connectivity index (χ2n) is 9.95. The molecule has 4 nitrogen and oxygen atoms in total. The highest BCUT2D eigenvalue weighted by molar-refractivity contribution is 7.86. The van der Waals surface area contributed by atoms with Crippen LogP contribution in [-0.2, 0) is 23.2 Å². The average Bonchev–Trinajstić information content (AvgIpc) is 2.91. The number of nitrogens with zero attached hydrogens (tertiary/aromatic N) is 2. The van der Waals surface area contributed by atoms with E-state index in [9.17, 15) is 35.3 Å². The van der Waals surface area contributed by atoms with Crippen LogP contribution in [-0.4, -0.2) is 37.8 Å². The van der Waals surface area contributed by atoms with Crippen LogP contribution in [0.2, 0.25) is 0 Å². The van der Waals surface area contributed by atoms with Gasteiger partial charge in [0.1, 0.15) is 5.69 Å². The number of piperidine rings is 1. The van der Waals surface area contributed by atoms with Crippen LogP contribution in [0.25, 0.3) is 11.1 Å². The molecule has 0 radical (unpaired) electrons. The van der Waals surface area contributed by atoms with Crippen molar-refractivity contribution in [3.05, 3.63) is 83.7 Å². The van der Waals surface area contributed by atoms with E-state index >= 15 is 0 Å². The first kappa shape index (κ1) is 28.8. The average molecular weight is 569 g/mol. The molecule has 2 aromatic carbocycles. The number of carbonyl (C=O) groups excluding carboxylic acids is 1. The molecule has 1 aliphatic rings. The SMILES string of the molecule is CC(C)(C1CCN(C(=O)c2ncc(C(F)(F)F)cc2-c2ccccc2)CC1)S(=O)c1cccc(C(F)(F)F)c1. The second kappa shape index (κ2) is 10.7. The predicted molar refractivity (Wildman–Crippen MR) is 135 cm³/mol. The van der Waals surface area contributed by atoms with Gasteiger partial charge >= 0.3 is 12.4 Å². The Labute approximate surface area is 224 Å². The zero-order valence-corrected chi connectivity index (χ0v) is 22.0. The van der Waals surface area contributed by atoms with Crippen molar-refractivity contribution in [2.24, 2.45) is 5.92 Å². The molecule has 11 heteroatoms. The first-order valence-electron chi connectivity index (χ1n) is 12.2. The van der Waals surface area contributed by atoms with Crippen LogP contribution in [0, 0.1) is 5.92 Å². The smallest absolute Gasteiger partial charge is 0.337 e. The Balaban J connectivity index is 1.53. The Morgan fingerprint density at radius 1 is 0.872 bits per heavy atom.